The Bertz CT molecular complexity index is 1430. The summed E-state index contributed by atoms with van der Waals surface area (Å²) in [5, 5.41) is 13.8. The fourth-order valence-electron chi connectivity index (χ4n) is 6.14. The number of ether oxygens (including phenoxy) is 1. The summed E-state index contributed by atoms with van der Waals surface area (Å²) in [4.78, 5) is 25.9. The number of aliphatic carboxylic acids is 1. The van der Waals surface area contributed by atoms with Crippen LogP contribution < -0.4 is 4.74 Å². The molecule has 0 spiro atoms. The highest BCUT2D eigenvalue weighted by molar-refractivity contribution is 6.07. The maximum absolute atomic E-state index is 13.7. The molecule has 3 aromatic rings. The fraction of sp³-hybridized carbons (Fsp3) is 0.438. The van der Waals surface area contributed by atoms with Crippen LogP contribution in [-0.4, -0.2) is 17.0 Å². The highest BCUT2D eigenvalue weighted by Gasteiger charge is 2.54. The first-order valence-electron chi connectivity index (χ1n) is 12.9. The van der Waals surface area contributed by atoms with Crippen molar-refractivity contribution in [2.45, 2.75) is 65.7 Å². The second-order valence-electron chi connectivity index (χ2n) is 12.8. The summed E-state index contributed by atoms with van der Waals surface area (Å²) in [6.07, 6.45) is 2.78. The number of allylic oxidation sites excluding steroid dienone is 2. The molecule has 2 bridgehead atoms. The van der Waals surface area contributed by atoms with Gasteiger partial charge in [0.25, 0.3) is 0 Å². The lowest BCUT2D eigenvalue weighted by molar-refractivity contribution is -0.152. The van der Waals surface area contributed by atoms with Crippen LogP contribution in [0.3, 0.4) is 0 Å². The Balaban J connectivity index is 1.67. The smallest absolute Gasteiger partial charge is 0.315 e. The summed E-state index contributed by atoms with van der Waals surface area (Å²) < 4.78 is 6.25. The van der Waals surface area contributed by atoms with E-state index >= 15 is 0 Å². The minimum Gasteiger partial charge on any atom is -0.481 e. The first kappa shape index (κ1) is 24.5. The monoisotopic (exact) mass is 484 g/mol. The van der Waals surface area contributed by atoms with Gasteiger partial charge < -0.3 is 9.84 Å². The molecule has 0 aromatic heterocycles. The van der Waals surface area contributed by atoms with E-state index < -0.39 is 23.8 Å². The van der Waals surface area contributed by atoms with E-state index in [0.717, 1.165) is 32.7 Å². The maximum Gasteiger partial charge on any atom is 0.315 e. The van der Waals surface area contributed by atoms with Gasteiger partial charge in [-0.05, 0) is 70.0 Å². The molecule has 4 heteroatoms. The summed E-state index contributed by atoms with van der Waals surface area (Å²) in [5.41, 5.74) is 3.36. The third kappa shape index (κ3) is 4.01. The van der Waals surface area contributed by atoms with E-state index in [-0.39, 0.29) is 22.7 Å². The van der Waals surface area contributed by atoms with Crippen LogP contribution in [0.2, 0.25) is 0 Å². The van der Waals surface area contributed by atoms with E-state index in [4.69, 9.17) is 4.74 Å². The highest BCUT2D eigenvalue weighted by Crippen LogP contribution is 2.52. The third-order valence-corrected chi connectivity index (χ3v) is 8.27. The number of carboxylic acids is 1. The van der Waals surface area contributed by atoms with Gasteiger partial charge in [0.2, 0.25) is 0 Å². The van der Waals surface area contributed by atoms with Gasteiger partial charge in [-0.3, -0.25) is 9.59 Å². The molecule has 0 radical (unpaired) electrons. The molecule has 1 fully saturated rings. The lowest BCUT2D eigenvalue weighted by Gasteiger charge is -2.26. The zero-order valence-corrected chi connectivity index (χ0v) is 22.3. The average molecular weight is 485 g/mol. The molecule has 188 valence electrons. The molecule has 2 aliphatic carbocycles. The van der Waals surface area contributed by atoms with Gasteiger partial charge in [-0.2, -0.15) is 0 Å². The number of fused-ring (bicyclic) bond motifs is 4. The molecule has 1 N–H and O–H groups in total. The Morgan fingerprint density at radius 1 is 0.833 bits per heavy atom. The maximum atomic E-state index is 13.7. The van der Waals surface area contributed by atoms with Crippen molar-refractivity contribution < 1.29 is 19.4 Å². The Morgan fingerprint density at radius 2 is 1.47 bits per heavy atom. The van der Waals surface area contributed by atoms with Crippen LogP contribution in [0, 0.1) is 23.7 Å². The van der Waals surface area contributed by atoms with E-state index in [0.29, 0.717) is 12.2 Å². The molecule has 4 atom stereocenters. The van der Waals surface area contributed by atoms with Gasteiger partial charge in [-0.15, -0.1) is 0 Å². The number of carbonyl (C=O) groups excluding carboxylic acids is 1. The molecule has 0 amide bonds. The Kier molecular flexibility index (Phi) is 5.59. The normalized spacial score (nSPS) is 23.8. The minimum atomic E-state index is -0.912. The molecule has 0 aliphatic heterocycles. The number of hydrogen-bond acceptors (Lipinski definition) is 3. The second kappa shape index (κ2) is 8.19. The molecule has 4 unspecified atom stereocenters. The lowest BCUT2D eigenvalue weighted by atomic mass is 9.80. The van der Waals surface area contributed by atoms with Crippen LogP contribution in [0.15, 0.2) is 54.1 Å². The van der Waals surface area contributed by atoms with Crippen LogP contribution in [-0.2, 0) is 20.4 Å². The summed E-state index contributed by atoms with van der Waals surface area (Å²) in [5.74, 6) is -2.38. The Hall–Kier alpha value is -3.14. The zero-order valence-electron chi connectivity index (χ0n) is 22.3. The third-order valence-electron chi connectivity index (χ3n) is 8.27. The molecule has 0 saturated heterocycles. The second-order valence-corrected chi connectivity index (χ2v) is 12.8. The number of hydrogen-bond donors (Lipinski definition) is 1. The van der Waals surface area contributed by atoms with Crippen molar-refractivity contribution in [3.8, 4) is 5.75 Å². The van der Waals surface area contributed by atoms with Crippen LogP contribution in [0.1, 0.15) is 66.0 Å². The molecule has 36 heavy (non-hydrogen) atoms. The van der Waals surface area contributed by atoms with Gasteiger partial charge in [0.1, 0.15) is 5.75 Å². The summed E-state index contributed by atoms with van der Waals surface area (Å²) in [6, 6.07) is 14.8. The fourth-order valence-corrected chi connectivity index (χ4v) is 6.14. The van der Waals surface area contributed by atoms with Crippen molar-refractivity contribution >= 4 is 33.5 Å². The first-order chi connectivity index (χ1) is 16.8. The largest absolute Gasteiger partial charge is 0.481 e. The number of rotatable bonds is 3. The summed E-state index contributed by atoms with van der Waals surface area (Å²) in [6.45, 7) is 15.0. The molecule has 5 rings (SSSR count). The van der Waals surface area contributed by atoms with E-state index in [9.17, 15) is 14.7 Å². The number of esters is 1. The van der Waals surface area contributed by atoms with Gasteiger partial charge in [-0.25, -0.2) is 0 Å². The quantitative estimate of drug-likeness (QED) is 0.182. The zero-order chi connectivity index (χ0) is 26.2. The molecular weight excluding hydrogens is 448 g/mol. The highest BCUT2D eigenvalue weighted by atomic mass is 16.5. The Morgan fingerprint density at radius 3 is 2.11 bits per heavy atom. The summed E-state index contributed by atoms with van der Waals surface area (Å²) in [7, 11) is 0. The van der Waals surface area contributed by atoms with Crippen molar-refractivity contribution in [1.82, 2.24) is 0 Å². The van der Waals surface area contributed by atoms with Crippen molar-refractivity contribution in [3.63, 3.8) is 0 Å². The van der Waals surface area contributed by atoms with E-state index in [1.54, 1.807) is 0 Å². The molecule has 2 aliphatic rings. The molecule has 0 heterocycles. The van der Waals surface area contributed by atoms with Gasteiger partial charge in [0.15, 0.2) is 0 Å². The number of carboxylic acid groups (broad SMARTS) is 1. The predicted octanol–water partition coefficient (Wildman–Crippen LogP) is 7.41. The van der Waals surface area contributed by atoms with Crippen LogP contribution in [0.4, 0.5) is 0 Å². The van der Waals surface area contributed by atoms with Crippen LogP contribution in [0.5, 0.6) is 5.75 Å². The first-order valence-corrected chi connectivity index (χ1v) is 12.9. The molecular formula is C32H36O4. The van der Waals surface area contributed by atoms with Crippen molar-refractivity contribution in [2.24, 2.45) is 23.7 Å². The van der Waals surface area contributed by atoms with E-state index in [2.05, 4.69) is 84.0 Å². The van der Waals surface area contributed by atoms with Crippen molar-refractivity contribution in [1.29, 1.82) is 0 Å². The topological polar surface area (TPSA) is 63.6 Å². The molecule has 1 saturated carbocycles. The van der Waals surface area contributed by atoms with Crippen LogP contribution >= 0.6 is 0 Å². The van der Waals surface area contributed by atoms with Gasteiger partial charge >= 0.3 is 11.9 Å². The number of benzene rings is 3. The molecule has 3 aromatic carbocycles. The molecule has 4 nitrogen and oxygen atoms in total. The van der Waals surface area contributed by atoms with Crippen molar-refractivity contribution in [3.05, 3.63) is 65.2 Å². The van der Waals surface area contributed by atoms with Gasteiger partial charge in [0.05, 0.1) is 11.8 Å². The summed E-state index contributed by atoms with van der Waals surface area (Å²) >= 11 is 0. The van der Waals surface area contributed by atoms with Gasteiger partial charge in [-0.1, -0.05) is 83.5 Å². The Labute approximate surface area is 213 Å². The van der Waals surface area contributed by atoms with Gasteiger partial charge in [0, 0.05) is 10.8 Å². The SMILES string of the molecule is CC1=CC2CC1C(C(=O)O)C2C(=O)Oc1c2ccc(C(C)(C)C)cc2cc2ccc(C(C)(C)C)cc12. The number of carbonyl (C=O) groups is 2. The van der Waals surface area contributed by atoms with Crippen molar-refractivity contribution in [2.75, 3.05) is 0 Å². The standard InChI is InChI=1S/C32H36O4/c1-17-12-20-15-24(17)27(29(33)34)26(20)30(35)36-28-23-11-10-21(31(2,3)4)14-19(23)13-18-8-9-22(16-25(18)28)32(5,6)7/h8-14,16,20,24,26-27H,15H2,1-7H3,(H,33,34). The predicted molar refractivity (Wildman–Crippen MR) is 144 cm³/mol. The minimum absolute atomic E-state index is 0.0158. The van der Waals surface area contributed by atoms with E-state index in [1.807, 2.05) is 13.0 Å². The average Bonchev–Trinajstić information content (AvgIpc) is 3.34. The van der Waals surface area contributed by atoms with Crippen LogP contribution in [0.25, 0.3) is 21.5 Å². The van der Waals surface area contributed by atoms with E-state index in [1.165, 1.54) is 5.56 Å². The lowest BCUT2D eigenvalue weighted by Crippen LogP contribution is -2.36.